The maximum Gasteiger partial charge on any atom is 0.287 e. The number of fused-ring (bicyclic) bond motifs is 1. The second-order valence-corrected chi connectivity index (χ2v) is 6.17. The minimum atomic E-state index is -0.228. The molecule has 1 aliphatic heterocycles. The Morgan fingerprint density at radius 1 is 1.28 bits per heavy atom. The van der Waals surface area contributed by atoms with Gasteiger partial charge in [-0.15, -0.1) is 0 Å². The van der Waals surface area contributed by atoms with Gasteiger partial charge in [-0.2, -0.15) is 0 Å². The Morgan fingerprint density at radius 2 is 2.20 bits per heavy atom. The van der Waals surface area contributed by atoms with Gasteiger partial charge in [0.2, 0.25) is 0 Å². The van der Waals surface area contributed by atoms with Crippen LogP contribution in [0, 0.1) is 6.92 Å². The zero-order chi connectivity index (χ0) is 17.2. The lowest BCUT2D eigenvalue weighted by molar-refractivity contribution is 0.0906. The molecule has 3 heterocycles. The van der Waals surface area contributed by atoms with Gasteiger partial charge in [0.25, 0.3) is 5.91 Å². The van der Waals surface area contributed by atoms with E-state index in [1.54, 1.807) is 12.1 Å². The smallest absolute Gasteiger partial charge is 0.287 e. The molecule has 126 valence electrons. The van der Waals surface area contributed by atoms with E-state index < -0.39 is 0 Å². The normalized spacial score (nSPS) is 15.5. The molecule has 1 aliphatic rings. The number of carbonyl (C=O) groups is 1. The summed E-state index contributed by atoms with van der Waals surface area (Å²) in [7, 11) is 0. The van der Waals surface area contributed by atoms with Crippen LogP contribution in [0.1, 0.15) is 21.7 Å². The molecule has 1 N–H and O–H groups in total. The Kier molecular flexibility index (Phi) is 3.98. The lowest BCUT2D eigenvalue weighted by Gasteiger charge is -2.11. The predicted octanol–water partition coefficient (Wildman–Crippen LogP) is 3.38. The minimum absolute atomic E-state index is 0.0739. The number of nitrogens with one attached hydrogen (secondary N) is 1. The quantitative estimate of drug-likeness (QED) is 0.794. The summed E-state index contributed by atoms with van der Waals surface area (Å²) in [5.74, 6) is 0.949. The van der Waals surface area contributed by atoms with Crippen LogP contribution in [0.3, 0.4) is 0 Å². The fraction of sp³-hybridized carbons (Fsp3) is 0.200. The molecule has 1 unspecified atom stereocenters. The van der Waals surface area contributed by atoms with E-state index >= 15 is 0 Å². The number of furan rings is 1. The van der Waals surface area contributed by atoms with E-state index in [2.05, 4.69) is 22.4 Å². The zero-order valence-corrected chi connectivity index (χ0v) is 13.9. The molecular weight excluding hydrogens is 316 g/mol. The topological polar surface area (TPSA) is 64.4 Å². The Morgan fingerprint density at radius 3 is 2.96 bits per heavy atom. The standard InChI is InChI=1S/C20H18N2O3/c1-13-4-6-17(21-11-13)14-5-7-18-15(9-14)10-16(25-18)12-22-20(23)19-3-2-8-24-19/h2-9,11,16H,10,12H2,1H3,(H,22,23). The van der Waals surface area contributed by atoms with Crippen LogP contribution in [0.25, 0.3) is 11.3 Å². The van der Waals surface area contributed by atoms with Crippen molar-refractivity contribution in [1.29, 1.82) is 0 Å². The summed E-state index contributed by atoms with van der Waals surface area (Å²) < 4.78 is 11.0. The Labute approximate surface area is 145 Å². The van der Waals surface area contributed by atoms with Crippen molar-refractivity contribution in [3.63, 3.8) is 0 Å². The number of aromatic nitrogens is 1. The first-order valence-corrected chi connectivity index (χ1v) is 8.23. The second kappa shape index (κ2) is 6.43. The van der Waals surface area contributed by atoms with Gasteiger partial charge in [0.1, 0.15) is 11.9 Å². The number of rotatable bonds is 4. The van der Waals surface area contributed by atoms with E-state index in [1.807, 2.05) is 31.3 Å². The molecule has 1 atom stereocenters. The van der Waals surface area contributed by atoms with E-state index in [0.717, 1.165) is 34.6 Å². The molecule has 3 aromatic rings. The number of hydrogen-bond donors (Lipinski definition) is 1. The summed E-state index contributed by atoms with van der Waals surface area (Å²) in [5, 5.41) is 2.84. The van der Waals surface area contributed by atoms with Gasteiger partial charge in [-0.25, -0.2) is 0 Å². The van der Waals surface area contributed by atoms with E-state index in [-0.39, 0.29) is 12.0 Å². The molecule has 0 bridgehead atoms. The number of nitrogens with zero attached hydrogens (tertiary/aromatic N) is 1. The highest BCUT2D eigenvalue weighted by Gasteiger charge is 2.24. The molecule has 0 radical (unpaired) electrons. The minimum Gasteiger partial charge on any atom is -0.488 e. The maximum absolute atomic E-state index is 11.9. The van der Waals surface area contributed by atoms with Crippen LogP contribution in [0.4, 0.5) is 0 Å². The maximum atomic E-state index is 11.9. The third-order valence-corrected chi connectivity index (χ3v) is 4.24. The fourth-order valence-corrected chi connectivity index (χ4v) is 2.93. The molecular formula is C20H18N2O3. The van der Waals surface area contributed by atoms with Crippen molar-refractivity contribution >= 4 is 5.91 Å². The highest BCUT2D eigenvalue weighted by atomic mass is 16.5. The van der Waals surface area contributed by atoms with Crippen molar-refractivity contribution in [2.24, 2.45) is 0 Å². The molecule has 25 heavy (non-hydrogen) atoms. The molecule has 0 fully saturated rings. The van der Waals surface area contributed by atoms with Gasteiger partial charge in [-0.05, 0) is 54.4 Å². The lowest BCUT2D eigenvalue weighted by Crippen LogP contribution is -2.34. The van der Waals surface area contributed by atoms with Gasteiger partial charge in [-0.1, -0.05) is 6.07 Å². The Balaban J connectivity index is 1.42. The number of pyridine rings is 1. The van der Waals surface area contributed by atoms with Crippen LogP contribution in [0.2, 0.25) is 0 Å². The average molecular weight is 334 g/mol. The highest BCUT2D eigenvalue weighted by molar-refractivity contribution is 5.91. The summed E-state index contributed by atoms with van der Waals surface area (Å²) in [6, 6.07) is 13.5. The van der Waals surface area contributed by atoms with E-state index in [4.69, 9.17) is 9.15 Å². The fourth-order valence-electron chi connectivity index (χ4n) is 2.93. The van der Waals surface area contributed by atoms with Gasteiger partial charge >= 0.3 is 0 Å². The van der Waals surface area contributed by atoms with E-state index in [9.17, 15) is 4.79 Å². The van der Waals surface area contributed by atoms with Crippen molar-refractivity contribution in [1.82, 2.24) is 10.3 Å². The lowest BCUT2D eigenvalue weighted by atomic mass is 10.0. The molecule has 2 aromatic heterocycles. The number of aryl methyl sites for hydroxylation is 1. The Bertz CT molecular complexity index is 886. The van der Waals surface area contributed by atoms with Crippen molar-refractivity contribution in [3.05, 3.63) is 71.8 Å². The summed E-state index contributed by atoms with van der Waals surface area (Å²) in [5.41, 5.74) is 4.29. The number of hydrogen-bond acceptors (Lipinski definition) is 4. The first kappa shape index (κ1) is 15.4. The molecule has 0 saturated carbocycles. The Hall–Kier alpha value is -3.08. The number of ether oxygens (including phenoxy) is 1. The first-order chi connectivity index (χ1) is 12.2. The third-order valence-electron chi connectivity index (χ3n) is 4.24. The van der Waals surface area contributed by atoms with Crippen molar-refractivity contribution in [2.75, 3.05) is 6.54 Å². The monoisotopic (exact) mass is 334 g/mol. The molecule has 1 aromatic carbocycles. The molecule has 0 aliphatic carbocycles. The van der Waals surface area contributed by atoms with Crippen LogP contribution >= 0.6 is 0 Å². The number of carbonyl (C=O) groups excluding carboxylic acids is 1. The molecule has 5 heteroatoms. The summed E-state index contributed by atoms with van der Waals surface area (Å²) in [6.07, 6.45) is 4.03. The summed E-state index contributed by atoms with van der Waals surface area (Å²) in [6.45, 7) is 2.46. The van der Waals surface area contributed by atoms with Gasteiger partial charge in [-0.3, -0.25) is 9.78 Å². The van der Waals surface area contributed by atoms with Crippen LogP contribution in [0.15, 0.2) is 59.3 Å². The third kappa shape index (κ3) is 3.26. The molecule has 0 spiro atoms. The molecule has 0 saturated heterocycles. The summed E-state index contributed by atoms with van der Waals surface area (Å²) >= 11 is 0. The molecule has 5 nitrogen and oxygen atoms in total. The first-order valence-electron chi connectivity index (χ1n) is 8.23. The summed E-state index contributed by atoms with van der Waals surface area (Å²) in [4.78, 5) is 16.4. The van der Waals surface area contributed by atoms with Crippen molar-refractivity contribution < 1.29 is 13.9 Å². The predicted molar refractivity (Wildman–Crippen MR) is 93.6 cm³/mol. The van der Waals surface area contributed by atoms with Crippen LogP contribution < -0.4 is 10.1 Å². The molecule has 1 amide bonds. The van der Waals surface area contributed by atoms with E-state index in [0.29, 0.717) is 12.3 Å². The van der Waals surface area contributed by atoms with Crippen LogP contribution in [-0.2, 0) is 6.42 Å². The highest BCUT2D eigenvalue weighted by Crippen LogP contribution is 2.32. The van der Waals surface area contributed by atoms with Gasteiger partial charge in [0, 0.05) is 18.2 Å². The van der Waals surface area contributed by atoms with Crippen LogP contribution in [0.5, 0.6) is 5.75 Å². The van der Waals surface area contributed by atoms with Crippen molar-refractivity contribution in [2.45, 2.75) is 19.4 Å². The zero-order valence-electron chi connectivity index (χ0n) is 13.9. The van der Waals surface area contributed by atoms with E-state index in [1.165, 1.54) is 6.26 Å². The van der Waals surface area contributed by atoms with Crippen molar-refractivity contribution in [3.8, 4) is 17.0 Å². The number of amides is 1. The second-order valence-electron chi connectivity index (χ2n) is 6.17. The average Bonchev–Trinajstić information content (AvgIpc) is 3.29. The van der Waals surface area contributed by atoms with Gasteiger partial charge in [0.15, 0.2) is 5.76 Å². The molecule has 4 rings (SSSR count). The number of benzene rings is 1. The van der Waals surface area contributed by atoms with Gasteiger partial charge in [0.05, 0.1) is 18.5 Å². The largest absolute Gasteiger partial charge is 0.488 e. The van der Waals surface area contributed by atoms with Crippen LogP contribution in [-0.4, -0.2) is 23.5 Å². The SMILES string of the molecule is Cc1ccc(-c2ccc3c(c2)CC(CNC(=O)c2ccco2)O3)nc1. The van der Waals surface area contributed by atoms with Gasteiger partial charge < -0.3 is 14.5 Å².